The number of nitrogens with two attached hydrogens (primary N) is 1. The van der Waals surface area contributed by atoms with E-state index in [-0.39, 0.29) is 12.3 Å². The van der Waals surface area contributed by atoms with Gasteiger partial charge in [0.2, 0.25) is 10.0 Å². The molecule has 5 nitrogen and oxygen atoms in total. The van der Waals surface area contributed by atoms with Gasteiger partial charge in [-0.2, -0.15) is 4.31 Å². The molecule has 0 radical (unpaired) electrons. The fraction of sp³-hybridized carbons (Fsp3) is 0.267. The van der Waals surface area contributed by atoms with Crippen LogP contribution in [0.15, 0.2) is 24.3 Å². The van der Waals surface area contributed by atoms with Crippen LogP contribution >= 0.6 is 22.9 Å². The number of thiophene rings is 1. The number of benzene rings is 1. The van der Waals surface area contributed by atoms with E-state index in [0.717, 1.165) is 10.4 Å². The van der Waals surface area contributed by atoms with Gasteiger partial charge in [0.1, 0.15) is 0 Å². The number of rotatable bonds is 3. The van der Waals surface area contributed by atoms with Crippen molar-refractivity contribution in [3.05, 3.63) is 50.9 Å². The molecule has 3 rings (SSSR count). The molecule has 0 fully saturated rings. The van der Waals surface area contributed by atoms with Crippen molar-refractivity contribution in [1.29, 1.82) is 0 Å². The highest BCUT2D eigenvalue weighted by Gasteiger charge is 2.30. The van der Waals surface area contributed by atoms with E-state index in [9.17, 15) is 13.2 Å². The largest absolute Gasteiger partial charge is 0.390 e. The predicted molar refractivity (Wildman–Crippen MR) is 92.6 cm³/mol. The summed E-state index contributed by atoms with van der Waals surface area (Å²) in [6, 6.07) is 6.66. The Balaban J connectivity index is 1.98. The monoisotopic (exact) mass is 370 g/mol. The summed E-state index contributed by atoms with van der Waals surface area (Å²) in [5.41, 5.74) is 7.94. The summed E-state index contributed by atoms with van der Waals surface area (Å²) in [5, 5.41) is 0.996. The average molecular weight is 371 g/mol. The molecule has 1 aromatic carbocycles. The van der Waals surface area contributed by atoms with Crippen LogP contribution in [0.2, 0.25) is 5.02 Å². The van der Waals surface area contributed by atoms with Gasteiger partial charge in [-0.15, -0.1) is 11.3 Å². The van der Waals surface area contributed by atoms with Crippen molar-refractivity contribution in [3.63, 3.8) is 0 Å². The Morgan fingerprint density at radius 1 is 1.30 bits per heavy atom. The number of ketones is 1. The summed E-state index contributed by atoms with van der Waals surface area (Å²) in [6.07, 6.45) is 1.68. The zero-order valence-electron chi connectivity index (χ0n) is 12.4. The fourth-order valence-electron chi connectivity index (χ4n) is 2.68. The molecule has 0 atom stereocenters. The SMILES string of the molecule is CS(=O)(=O)N1CCc2c(sc(N)c2C(=O)c2ccc(Cl)cc2)C1. The summed E-state index contributed by atoms with van der Waals surface area (Å²) in [6.45, 7) is 0.639. The number of hydrogen-bond donors (Lipinski definition) is 1. The van der Waals surface area contributed by atoms with Crippen molar-refractivity contribution in [2.24, 2.45) is 0 Å². The number of carbonyl (C=O) groups excluding carboxylic acids is 1. The molecule has 0 saturated carbocycles. The van der Waals surface area contributed by atoms with Gasteiger partial charge in [0.05, 0.1) is 16.8 Å². The lowest BCUT2D eigenvalue weighted by molar-refractivity contribution is 0.103. The van der Waals surface area contributed by atoms with Gasteiger partial charge in [-0.05, 0) is 36.2 Å². The third kappa shape index (κ3) is 3.14. The van der Waals surface area contributed by atoms with E-state index in [2.05, 4.69) is 0 Å². The van der Waals surface area contributed by atoms with Crippen LogP contribution in [-0.2, 0) is 23.0 Å². The third-order valence-corrected chi connectivity index (χ3v) is 6.40. The van der Waals surface area contributed by atoms with Gasteiger partial charge in [-0.3, -0.25) is 4.79 Å². The second kappa shape index (κ2) is 5.90. The van der Waals surface area contributed by atoms with Crippen LogP contribution < -0.4 is 5.73 Å². The van der Waals surface area contributed by atoms with E-state index in [0.29, 0.717) is 34.1 Å². The first-order valence-electron chi connectivity index (χ1n) is 6.93. The van der Waals surface area contributed by atoms with Crippen LogP contribution in [0.1, 0.15) is 26.4 Å². The highest BCUT2D eigenvalue weighted by molar-refractivity contribution is 7.88. The van der Waals surface area contributed by atoms with Gasteiger partial charge in [0.25, 0.3) is 0 Å². The molecule has 8 heteroatoms. The standard InChI is InChI=1S/C15H15ClN2O3S2/c1-23(20,21)18-7-6-11-12(8-18)22-15(17)13(11)14(19)9-2-4-10(16)5-3-9/h2-5H,6-8,17H2,1H3. The third-order valence-electron chi connectivity index (χ3n) is 3.85. The first-order chi connectivity index (χ1) is 10.8. The van der Waals surface area contributed by atoms with Crippen LogP contribution in [0.4, 0.5) is 5.00 Å². The van der Waals surface area contributed by atoms with E-state index < -0.39 is 10.0 Å². The molecule has 0 saturated heterocycles. The number of nitrogens with zero attached hydrogens (tertiary/aromatic N) is 1. The summed E-state index contributed by atoms with van der Waals surface area (Å²) >= 11 is 7.14. The highest BCUT2D eigenvalue weighted by Crippen LogP contribution is 2.37. The van der Waals surface area contributed by atoms with Crippen molar-refractivity contribution < 1.29 is 13.2 Å². The topological polar surface area (TPSA) is 80.5 Å². The molecule has 23 heavy (non-hydrogen) atoms. The van der Waals surface area contributed by atoms with E-state index in [1.54, 1.807) is 24.3 Å². The summed E-state index contributed by atoms with van der Waals surface area (Å²) in [4.78, 5) is 13.6. The van der Waals surface area contributed by atoms with Crippen molar-refractivity contribution in [2.75, 3.05) is 18.5 Å². The van der Waals surface area contributed by atoms with Gasteiger partial charge in [0.15, 0.2) is 5.78 Å². The molecule has 0 spiro atoms. The van der Waals surface area contributed by atoms with Crippen molar-refractivity contribution in [1.82, 2.24) is 4.31 Å². The van der Waals surface area contributed by atoms with Gasteiger partial charge in [0, 0.05) is 28.6 Å². The van der Waals surface area contributed by atoms with Gasteiger partial charge >= 0.3 is 0 Å². The van der Waals surface area contributed by atoms with Gasteiger partial charge in [-0.1, -0.05) is 11.6 Å². The molecule has 2 heterocycles. The minimum Gasteiger partial charge on any atom is -0.390 e. The quantitative estimate of drug-likeness (QED) is 0.842. The van der Waals surface area contributed by atoms with Crippen LogP contribution in [0.25, 0.3) is 0 Å². The Morgan fingerprint density at radius 3 is 2.57 bits per heavy atom. The average Bonchev–Trinajstić information content (AvgIpc) is 2.81. The number of halogens is 1. The molecule has 0 bridgehead atoms. The van der Waals surface area contributed by atoms with E-state index in [1.165, 1.54) is 21.9 Å². The molecule has 0 aliphatic carbocycles. The number of sulfonamides is 1. The molecule has 1 aliphatic rings. The first kappa shape index (κ1) is 16.4. The maximum atomic E-state index is 12.7. The molecular weight excluding hydrogens is 356 g/mol. The minimum absolute atomic E-state index is 0.149. The summed E-state index contributed by atoms with van der Waals surface area (Å²) in [5.74, 6) is -0.149. The van der Waals surface area contributed by atoms with E-state index in [4.69, 9.17) is 17.3 Å². The normalized spacial score (nSPS) is 15.4. The lowest BCUT2D eigenvalue weighted by atomic mass is 9.97. The van der Waals surface area contributed by atoms with Crippen LogP contribution in [-0.4, -0.2) is 31.3 Å². The van der Waals surface area contributed by atoms with Crippen molar-refractivity contribution in [2.45, 2.75) is 13.0 Å². The van der Waals surface area contributed by atoms with Gasteiger partial charge in [-0.25, -0.2) is 8.42 Å². The molecule has 1 aromatic heterocycles. The fourth-order valence-corrected chi connectivity index (χ4v) is 4.80. The summed E-state index contributed by atoms with van der Waals surface area (Å²) < 4.78 is 24.8. The molecule has 2 aromatic rings. The first-order valence-corrected chi connectivity index (χ1v) is 9.97. The van der Waals surface area contributed by atoms with Crippen LogP contribution in [0, 0.1) is 0 Å². The predicted octanol–water partition coefficient (Wildman–Crippen LogP) is 2.53. The Hall–Kier alpha value is -1.41. The smallest absolute Gasteiger partial charge is 0.211 e. The zero-order valence-corrected chi connectivity index (χ0v) is 14.8. The van der Waals surface area contributed by atoms with Crippen LogP contribution in [0.5, 0.6) is 0 Å². The molecular formula is C15H15ClN2O3S2. The Kier molecular flexibility index (Phi) is 4.22. The Labute approximate surface area is 143 Å². The van der Waals surface area contributed by atoms with E-state index in [1.807, 2.05) is 0 Å². The zero-order chi connectivity index (χ0) is 16.8. The molecule has 0 amide bonds. The second-order valence-corrected chi connectivity index (χ2v) is 8.98. The maximum Gasteiger partial charge on any atom is 0.211 e. The second-order valence-electron chi connectivity index (χ2n) is 5.43. The Morgan fingerprint density at radius 2 is 1.96 bits per heavy atom. The molecule has 1 aliphatic heterocycles. The molecule has 122 valence electrons. The summed E-state index contributed by atoms with van der Waals surface area (Å²) in [7, 11) is -3.25. The van der Waals surface area contributed by atoms with Gasteiger partial charge < -0.3 is 5.73 Å². The van der Waals surface area contributed by atoms with Crippen LogP contribution in [0.3, 0.4) is 0 Å². The molecule has 2 N–H and O–H groups in total. The number of anilines is 1. The minimum atomic E-state index is -3.25. The number of hydrogen-bond acceptors (Lipinski definition) is 5. The number of carbonyl (C=O) groups is 1. The Bertz CT molecular complexity index is 873. The number of fused-ring (bicyclic) bond motifs is 1. The van der Waals surface area contributed by atoms with Crippen molar-refractivity contribution >= 4 is 43.7 Å². The molecule has 0 unspecified atom stereocenters. The lowest BCUT2D eigenvalue weighted by Crippen LogP contribution is -2.34. The van der Waals surface area contributed by atoms with E-state index >= 15 is 0 Å². The highest BCUT2D eigenvalue weighted by atomic mass is 35.5. The number of nitrogen functional groups attached to an aromatic ring is 1. The maximum absolute atomic E-state index is 12.7. The van der Waals surface area contributed by atoms with Crippen molar-refractivity contribution in [3.8, 4) is 0 Å². The lowest BCUT2D eigenvalue weighted by Gasteiger charge is -2.24.